The molecule has 0 aromatic rings. The number of nitrogens with zero attached hydrogens (tertiary/aromatic N) is 2. The van der Waals surface area contributed by atoms with Gasteiger partial charge in [0.15, 0.2) is 0 Å². The van der Waals surface area contributed by atoms with Crippen molar-refractivity contribution < 1.29 is 4.74 Å². The Morgan fingerprint density at radius 3 is 2.29 bits per heavy atom. The normalized spacial score (nSPS) is 12.0. The molecule has 0 atom stereocenters. The minimum atomic E-state index is 0.591. The molecular weight excluding hydrogens is 214 g/mol. The molecule has 0 aliphatic heterocycles. The van der Waals surface area contributed by atoms with Crippen LogP contribution in [0.5, 0.6) is 0 Å². The Labute approximate surface area is 107 Å². The van der Waals surface area contributed by atoms with Crippen LogP contribution >= 0.6 is 0 Å². The van der Waals surface area contributed by atoms with Crippen LogP contribution in [0.4, 0.5) is 0 Å². The van der Waals surface area contributed by atoms with Gasteiger partial charge < -0.3 is 15.0 Å². The zero-order valence-corrected chi connectivity index (χ0v) is 12.3. The van der Waals surface area contributed by atoms with Gasteiger partial charge >= 0.3 is 0 Å². The smallest absolute Gasteiger partial charge is 0.0589 e. The summed E-state index contributed by atoms with van der Waals surface area (Å²) in [6.07, 6.45) is 1.22. The Hall–Kier alpha value is -0.160. The molecule has 0 saturated carbocycles. The van der Waals surface area contributed by atoms with Gasteiger partial charge in [-0.2, -0.15) is 0 Å². The van der Waals surface area contributed by atoms with E-state index < -0.39 is 0 Å². The molecule has 17 heavy (non-hydrogen) atoms. The first-order valence-corrected chi connectivity index (χ1v) is 6.66. The number of nitrogens with one attached hydrogen (secondary N) is 1. The maximum absolute atomic E-state index is 5.13. The number of methoxy groups -OCH3 is 1. The fraction of sp³-hybridized carbons (Fsp3) is 1.00. The number of ether oxygens (including phenoxy) is 1. The maximum Gasteiger partial charge on any atom is 0.0589 e. The zero-order valence-electron chi connectivity index (χ0n) is 12.3. The van der Waals surface area contributed by atoms with E-state index in [1.807, 2.05) is 0 Å². The van der Waals surface area contributed by atoms with E-state index in [1.54, 1.807) is 7.11 Å². The lowest BCUT2D eigenvalue weighted by Gasteiger charge is -2.26. The average Bonchev–Trinajstić information content (AvgIpc) is 2.26. The van der Waals surface area contributed by atoms with Gasteiger partial charge in [0.05, 0.1) is 6.61 Å². The van der Waals surface area contributed by atoms with Crippen molar-refractivity contribution in [2.75, 3.05) is 60.5 Å². The summed E-state index contributed by atoms with van der Waals surface area (Å²) >= 11 is 0. The van der Waals surface area contributed by atoms with Crippen LogP contribution in [0.1, 0.15) is 20.3 Å². The quantitative estimate of drug-likeness (QED) is 0.547. The predicted molar refractivity (Wildman–Crippen MR) is 74.6 cm³/mol. The van der Waals surface area contributed by atoms with Gasteiger partial charge in [-0.25, -0.2) is 0 Å². The van der Waals surface area contributed by atoms with Crippen molar-refractivity contribution >= 4 is 0 Å². The fourth-order valence-corrected chi connectivity index (χ4v) is 1.70. The topological polar surface area (TPSA) is 27.7 Å². The lowest BCUT2D eigenvalue weighted by molar-refractivity contribution is 0.130. The van der Waals surface area contributed by atoms with Crippen molar-refractivity contribution in [2.45, 2.75) is 26.3 Å². The highest BCUT2D eigenvalue weighted by molar-refractivity contribution is 4.64. The van der Waals surface area contributed by atoms with Crippen LogP contribution in [0.15, 0.2) is 0 Å². The second kappa shape index (κ2) is 11.0. The van der Waals surface area contributed by atoms with Crippen LogP contribution in [0, 0.1) is 0 Å². The van der Waals surface area contributed by atoms with Crippen molar-refractivity contribution in [2.24, 2.45) is 0 Å². The summed E-state index contributed by atoms with van der Waals surface area (Å²) in [6.45, 7) is 10.7. The minimum Gasteiger partial charge on any atom is -0.383 e. The summed E-state index contributed by atoms with van der Waals surface area (Å²) < 4.78 is 5.13. The van der Waals surface area contributed by atoms with Gasteiger partial charge in [0.25, 0.3) is 0 Å². The van der Waals surface area contributed by atoms with E-state index in [0.29, 0.717) is 6.04 Å². The van der Waals surface area contributed by atoms with Crippen LogP contribution < -0.4 is 5.32 Å². The zero-order chi connectivity index (χ0) is 13.1. The summed E-state index contributed by atoms with van der Waals surface area (Å²) in [4.78, 5) is 4.67. The van der Waals surface area contributed by atoms with Crippen LogP contribution in [0.3, 0.4) is 0 Å². The molecule has 0 saturated heterocycles. The van der Waals surface area contributed by atoms with Crippen molar-refractivity contribution in [1.82, 2.24) is 15.1 Å². The molecule has 0 radical (unpaired) electrons. The largest absolute Gasteiger partial charge is 0.383 e. The second-order valence-electron chi connectivity index (χ2n) is 5.03. The molecule has 0 aliphatic carbocycles. The maximum atomic E-state index is 5.13. The van der Waals surface area contributed by atoms with E-state index in [1.165, 1.54) is 6.42 Å². The highest BCUT2D eigenvalue weighted by Gasteiger charge is 2.07. The van der Waals surface area contributed by atoms with Gasteiger partial charge in [-0.1, -0.05) is 0 Å². The van der Waals surface area contributed by atoms with Gasteiger partial charge in [0.1, 0.15) is 0 Å². The molecule has 0 spiro atoms. The third kappa shape index (κ3) is 10.7. The summed E-state index contributed by atoms with van der Waals surface area (Å²) in [5.74, 6) is 0. The predicted octanol–water partition coefficient (Wildman–Crippen LogP) is 0.885. The summed E-state index contributed by atoms with van der Waals surface area (Å²) in [5, 5.41) is 3.49. The van der Waals surface area contributed by atoms with E-state index in [2.05, 4.69) is 43.1 Å². The molecule has 0 heterocycles. The summed E-state index contributed by atoms with van der Waals surface area (Å²) in [5.41, 5.74) is 0. The molecular formula is C13H31N3O. The van der Waals surface area contributed by atoms with Crippen LogP contribution in [0.2, 0.25) is 0 Å². The Bertz CT molecular complexity index is 163. The molecule has 0 aromatic heterocycles. The van der Waals surface area contributed by atoms with Crippen LogP contribution in [0.25, 0.3) is 0 Å². The number of rotatable bonds is 11. The van der Waals surface area contributed by atoms with Gasteiger partial charge in [0, 0.05) is 32.8 Å². The fourth-order valence-electron chi connectivity index (χ4n) is 1.70. The van der Waals surface area contributed by atoms with Crippen molar-refractivity contribution in [3.63, 3.8) is 0 Å². The van der Waals surface area contributed by atoms with Gasteiger partial charge in [-0.15, -0.1) is 0 Å². The highest BCUT2D eigenvalue weighted by atomic mass is 16.5. The molecule has 0 aromatic carbocycles. The number of hydrogen-bond acceptors (Lipinski definition) is 4. The van der Waals surface area contributed by atoms with E-state index >= 15 is 0 Å². The molecule has 104 valence electrons. The first-order valence-electron chi connectivity index (χ1n) is 6.66. The van der Waals surface area contributed by atoms with E-state index in [0.717, 1.165) is 39.3 Å². The van der Waals surface area contributed by atoms with E-state index in [4.69, 9.17) is 4.74 Å². The molecule has 0 bridgehead atoms. The lowest BCUT2D eigenvalue weighted by atomic mass is 10.3. The van der Waals surface area contributed by atoms with E-state index in [-0.39, 0.29) is 0 Å². The molecule has 0 amide bonds. The third-order valence-corrected chi connectivity index (χ3v) is 2.85. The Balaban J connectivity index is 3.47. The van der Waals surface area contributed by atoms with Gasteiger partial charge in [-0.3, -0.25) is 4.90 Å². The average molecular weight is 245 g/mol. The highest BCUT2D eigenvalue weighted by Crippen LogP contribution is 1.96. The monoisotopic (exact) mass is 245 g/mol. The van der Waals surface area contributed by atoms with Crippen LogP contribution in [-0.4, -0.2) is 76.4 Å². The Kier molecular flexibility index (Phi) is 10.9. The second-order valence-corrected chi connectivity index (χ2v) is 5.03. The molecule has 0 unspecified atom stereocenters. The van der Waals surface area contributed by atoms with E-state index in [9.17, 15) is 0 Å². The summed E-state index contributed by atoms with van der Waals surface area (Å²) in [6, 6.07) is 0.591. The molecule has 4 nitrogen and oxygen atoms in total. The molecule has 1 N–H and O–H groups in total. The van der Waals surface area contributed by atoms with Gasteiger partial charge in [-0.05, 0) is 47.5 Å². The Morgan fingerprint density at radius 1 is 1.06 bits per heavy atom. The lowest BCUT2D eigenvalue weighted by Crippen LogP contribution is -2.39. The number of hydrogen-bond donors (Lipinski definition) is 1. The molecule has 0 aliphatic rings. The first-order chi connectivity index (χ1) is 8.07. The first kappa shape index (κ1) is 16.8. The van der Waals surface area contributed by atoms with Gasteiger partial charge in [0.2, 0.25) is 0 Å². The molecule has 4 heteroatoms. The summed E-state index contributed by atoms with van der Waals surface area (Å²) in [7, 11) is 5.99. The minimum absolute atomic E-state index is 0.591. The molecule has 0 fully saturated rings. The Morgan fingerprint density at radius 2 is 1.76 bits per heavy atom. The van der Waals surface area contributed by atoms with Crippen molar-refractivity contribution in [1.29, 1.82) is 0 Å². The van der Waals surface area contributed by atoms with Crippen LogP contribution in [-0.2, 0) is 4.74 Å². The molecule has 0 rings (SSSR count). The third-order valence-electron chi connectivity index (χ3n) is 2.85. The van der Waals surface area contributed by atoms with Crippen molar-refractivity contribution in [3.05, 3.63) is 0 Å². The standard InChI is InChI=1S/C13H31N3O/c1-13(2)16(11-12-17-5)10-8-14-7-6-9-15(3)4/h13-14H,6-12H2,1-5H3. The van der Waals surface area contributed by atoms with Crippen molar-refractivity contribution in [3.8, 4) is 0 Å². The SMILES string of the molecule is COCCN(CCNCCCN(C)C)C(C)C.